The molecule has 0 unspecified atom stereocenters. The van der Waals surface area contributed by atoms with Crippen LogP contribution < -0.4 is 5.32 Å². The molecule has 0 aromatic carbocycles. The summed E-state index contributed by atoms with van der Waals surface area (Å²) >= 11 is 0. The summed E-state index contributed by atoms with van der Waals surface area (Å²) in [5.41, 5.74) is -0.537. The molecule has 1 aliphatic rings. The van der Waals surface area contributed by atoms with E-state index in [0.29, 0.717) is 6.42 Å². The summed E-state index contributed by atoms with van der Waals surface area (Å²) in [6.45, 7) is 7.34. The van der Waals surface area contributed by atoms with Crippen LogP contribution in [0.25, 0.3) is 0 Å². The Balaban J connectivity index is 2.69. The number of nitrogens with one attached hydrogen (secondary N) is 1. The van der Waals surface area contributed by atoms with Crippen molar-refractivity contribution in [3.8, 4) is 0 Å². The largest absolute Gasteiger partial charge is 0.481 e. The lowest BCUT2D eigenvalue weighted by atomic mass is 9.75. The Hall–Kier alpha value is -1.26. The highest BCUT2D eigenvalue weighted by Gasteiger charge is 2.36. The van der Waals surface area contributed by atoms with Crippen molar-refractivity contribution in [2.24, 2.45) is 11.8 Å². The Morgan fingerprint density at radius 2 is 1.90 bits per heavy atom. The van der Waals surface area contributed by atoms with Gasteiger partial charge in [-0.1, -0.05) is 19.8 Å². The van der Waals surface area contributed by atoms with Gasteiger partial charge in [-0.25, -0.2) is 4.79 Å². The molecule has 0 radical (unpaired) electrons. The summed E-state index contributed by atoms with van der Waals surface area (Å²) in [5.74, 6) is -1.16. The number of hydrogen-bond donors (Lipinski definition) is 2. The predicted molar refractivity (Wildman–Crippen MR) is 76.5 cm³/mol. The van der Waals surface area contributed by atoms with Gasteiger partial charge in [-0.2, -0.15) is 0 Å². The van der Waals surface area contributed by atoms with Crippen molar-refractivity contribution in [2.75, 3.05) is 0 Å². The lowest BCUT2D eigenvalue weighted by molar-refractivity contribution is -0.144. The third kappa shape index (κ3) is 5.02. The van der Waals surface area contributed by atoms with E-state index in [1.54, 1.807) is 0 Å². The van der Waals surface area contributed by atoms with E-state index in [2.05, 4.69) is 5.32 Å². The van der Waals surface area contributed by atoms with Crippen LogP contribution >= 0.6 is 0 Å². The van der Waals surface area contributed by atoms with Gasteiger partial charge in [0.2, 0.25) is 0 Å². The molecule has 1 saturated carbocycles. The molecule has 1 aliphatic carbocycles. The second kappa shape index (κ2) is 6.95. The Kier molecular flexibility index (Phi) is 5.84. The Morgan fingerprint density at radius 1 is 1.30 bits per heavy atom. The number of carbonyl (C=O) groups is 2. The van der Waals surface area contributed by atoms with Crippen LogP contribution in [0, 0.1) is 11.8 Å². The number of carboxylic acid groups (broad SMARTS) is 1. The van der Waals surface area contributed by atoms with Crippen LogP contribution in [0.1, 0.15) is 59.8 Å². The van der Waals surface area contributed by atoms with E-state index in [0.717, 1.165) is 25.7 Å². The normalized spacial score (nSPS) is 24.8. The van der Waals surface area contributed by atoms with Crippen LogP contribution in [0.3, 0.4) is 0 Å². The zero-order valence-electron chi connectivity index (χ0n) is 12.9. The van der Waals surface area contributed by atoms with Crippen LogP contribution in [0.15, 0.2) is 0 Å². The topological polar surface area (TPSA) is 75.6 Å². The Labute approximate surface area is 121 Å². The molecule has 1 rings (SSSR count). The molecule has 5 nitrogen and oxygen atoms in total. The summed E-state index contributed by atoms with van der Waals surface area (Å²) in [4.78, 5) is 23.2. The minimum absolute atomic E-state index is 0.00114. The average Bonchev–Trinajstić information content (AvgIpc) is 2.29. The van der Waals surface area contributed by atoms with Gasteiger partial charge in [0, 0.05) is 6.04 Å². The van der Waals surface area contributed by atoms with Gasteiger partial charge < -0.3 is 15.2 Å². The average molecular weight is 285 g/mol. The van der Waals surface area contributed by atoms with E-state index in [1.807, 2.05) is 27.7 Å². The van der Waals surface area contributed by atoms with E-state index in [-0.39, 0.29) is 12.0 Å². The third-order valence-electron chi connectivity index (χ3n) is 3.80. The molecule has 0 spiro atoms. The van der Waals surface area contributed by atoms with E-state index in [1.165, 1.54) is 0 Å². The van der Waals surface area contributed by atoms with Crippen molar-refractivity contribution >= 4 is 12.1 Å². The molecule has 0 aliphatic heterocycles. The zero-order valence-corrected chi connectivity index (χ0v) is 12.9. The van der Waals surface area contributed by atoms with Crippen molar-refractivity contribution in [3.05, 3.63) is 0 Å². The van der Waals surface area contributed by atoms with E-state index in [4.69, 9.17) is 4.74 Å². The van der Waals surface area contributed by atoms with Crippen LogP contribution in [-0.2, 0) is 9.53 Å². The Morgan fingerprint density at radius 3 is 2.40 bits per heavy atom. The standard InChI is InChI=1S/C15H27NO4/c1-5-10(13(17)18)11-8-6-7-9-12(11)16-14(19)20-15(2,3)4/h10-12H,5-9H2,1-4H3,(H,16,19)(H,17,18)/t10-,11-,12-/m1/s1. The number of ether oxygens (including phenoxy) is 1. The van der Waals surface area contributed by atoms with Gasteiger partial charge in [-0.3, -0.25) is 4.79 Å². The first-order chi connectivity index (χ1) is 9.24. The number of alkyl carbamates (subject to hydrolysis) is 1. The molecular formula is C15H27NO4. The molecule has 1 fully saturated rings. The van der Waals surface area contributed by atoms with Gasteiger partial charge in [0.25, 0.3) is 0 Å². The second-order valence-electron chi connectivity index (χ2n) is 6.55. The number of rotatable bonds is 4. The fourth-order valence-electron chi connectivity index (χ4n) is 2.94. The predicted octanol–water partition coefficient (Wildman–Crippen LogP) is 3.18. The van der Waals surface area contributed by atoms with Crippen molar-refractivity contribution in [2.45, 2.75) is 71.4 Å². The molecule has 0 aromatic heterocycles. The molecule has 2 N–H and O–H groups in total. The fraction of sp³-hybridized carbons (Fsp3) is 0.867. The van der Waals surface area contributed by atoms with Gasteiger partial charge in [-0.15, -0.1) is 0 Å². The van der Waals surface area contributed by atoms with Crippen LogP contribution in [-0.4, -0.2) is 28.8 Å². The number of aliphatic carboxylic acids is 1. The fourth-order valence-corrected chi connectivity index (χ4v) is 2.94. The van der Waals surface area contributed by atoms with Crippen LogP contribution in [0.2, 0.25) is 0 Å². The molecule has 0 saturated heterocycles. The van der Waals surface area contributed by atoms with Crippen molar-refractivity contribution in [3.63, 3.8) is 0 Å². The van der Waals surface area contributed by atoms with Gasteiger partial charge in [-0.05, 0) is 46.0 Å². The number of hydrogen-bond acceptors (Lipinski definition) is 3. The van der Waals surface area contributed by atoms with Gasteiger partial charge in [0.1, 0.15) is 5.60 Å². The van der Waals surface area contributed by atoms with Gasteiger partial charge >= 0.3 is 12.1 Å². The summed E-state index contributed by atoms with van der Waals surface area (Å²) in [5, 5.41) is 12.2. The van der Waals surface area contributed by atoms with E-state index >= 15 is 0 Å². The quantitative estimate of drug-likeness (QED) is 0.831. The second-order valence-corrected chi connectivity index (χ2v) is 6.55. The lowest BCUT2D eigenvalue weighted by Crippen LogP contribution is -2.47. The van der Waals surface area contributed by atoms with Crippen LogP contribution in [0.4, 0.5) is 4.79 Å². The summed E-state index contributed by atoms with van der Waals surface area (Å²) in [7, 11) is 0. The van der Waals surface area contributed by atoms with Crippen molar-refractivity contribution in [1.29, 1.82) is 0 Å². The van der Waals surface area contributed by atoms with Crippen molar-refractivity contribution in [1.82, 2.24) is 5.32 Å². The minimum Gasteiger partial charge on any atom is -0.481 e. The first-order valence-electron chi connectivity index (χ1n) is 7.47. The van der Waals surface area contributed by atoms with Crippen LogP contribution in [0.5, 0.6) is 0 Å². The highest BCUT2D eigenvalue weighted by molar-refractivity contribution is 5.71. The summed E-state index contributed by atoms with van der Waals surface area (Å²) in [6, 6.07) is -0.0975. The van der Waals surface area contributed by atoms with E-state index < -0.39 is 23.6 Å². The third-order valence-corrected chi connectivity index (χ3v) is 3.80. The first kappa shape index (κ1) is 16.8. The molecule has 0 heterocycles. The smallest absolute Gasteiger partial charge is 0.407 e. The lowest BCUT2D eigenvalue weighted by Gasteiger charge is -2.35. The molecule has 5 heteroatoms. The molecule has 0 bridgehead atoms. The summed E-state index contributed by atoms with van der Waals surface area (Å²) in [6.07, 6.45) is 3.87. The van der Waals surface area contributed by atoms with Gasteiger partial charge in [0.15, 0.2) is 0 Å². The Bertz CT molecular complexity index is 348. The monoisotopic (exact) mass is 285 g/mol. The van der Waals surface area contributed by atoms with Crippen molar-refractivity contribution < 1.29 is 19.4 Å². The first-order valence-corrected chi connectivity index (χ1v) is 7.47. The number of carboxylic acids is 1. The number of amides is 1. The number of carbonyl (C=O) groups excluding carboxylic acids is 1. The zero-order chi connectivity index (χ0) is 15.3. The molecular weight excluding hydrogens is 258 g/mol. The SMILES string of the molecule is CC[C@@H](C(=O)O)[C@H]1CCCC[C@H]1NC(=O)OC(C)(C)C. The highest BCUT2D eigenvalue weighted by atomic mass is 16.6. The summed E-state index contributed by atoms with van der Waals surface area (Å²) < 4.78 is 5.27. The highest BCUT2D eigenvalue weighted by Crippen LogP contribution is 2.32. The molecule has 3 atom stereocenters. The van der Waals surface area contributed by atoms with E-state index in [9.17, 15) is 14.7 Å². The minimum atomic E-state index is -0.768. The maximum Gasteiger partial charge on any atom is 0.407 e. The molecule has 0 aromatic rings. The molecule has 116 valence electrons. The van der Waals surface area contributed by atoms with Gasteiger partial charge in [0.05, 0.1) is 5.92 Å². The molecule has 20 heavy (non-hydrogen) atoms. The maximum atomic E-state index is 11.9. The maximum absolute atomic E-state index is 11.9. The molecule has 1 amide bonds.